The number of carbonyl (C=O) groups is 1. The molecule has 0 fully saturated rings. The van der Waals surface area contributed by atoms with Gasteiger partial charge in [0, 0.05) is 16.5 Å². The Bertz CT molecular complexity index is 767. The van der Waals surface area contributed by atoms with E-state index in [1.54, 1.807) is 0 Å². The van der Waals surface area contributed by atoms with E-state index in [2.05, 4.69) is 0 Å². The predicted octanol–water partition coefficient (Wildman–Crippen LogP) is 4.77. The van der Waals surface area contributed by atoms with Gasteiger partial charge in [0.25, 0.3) is 0 Å². The first-order chi connectivity index (χ1) is 11.1. The molecule has 0 aromatic heterocycles. The van der Waals surface area contributed by atoms with Crippen LogP contribution in [0.25, 0.3) is 0 Å². The Morgan fingerprint density at radius 1 is 1.08 bits per heavy atom. The largest absolute Gasteiger partial charge is 0.416 e. The Hall–Kier alpha value is -1.79. The van der Waals surface area contributed by atoms with Crippen molar-refractivity contribution in [2.45, 2.75) is 19.0 Å². The molecule has 0 saturated carbocycles. The van der Waals surface area contributed by atoms with E-state index in [1.807, 2.05) is 0 Å². The number of benzene rings is 2. The molecule has 0 radical (unpaired) electrons. The number of hydrogen-bond acceptors (Lipinski definition) is 1. The minimum atomic E-state index is -4.56. The van der Waals surface area contributed by atoms with Crippen LogP contribution in [0, 0.1) is 5.82 Å². The maximum atomic E-state index is 13.6. The number of hydrogen-bond donors (Lipinski definition) is 1. The van der Waals surface area contributed by atoms with Gasteiger partial charge < -0.3 is 5.73 Å². The van der Waals surface area contributed by atoms with Gasteiger partial charge in [-0.05, 0) is 34.9 Å². The van der Waals surface area contributed by atoms with E-state index in [1.165, 1.54) is 12.1 Å². The molecule has 0 unspecified atom stereocenters. The van der Waals surface area contributed by atoms with E-state index in [0.717, 1.165) is 18.2 Å². The van der Waals surface area contributed by atoms with E-state index in [0.29, 0.717) is 5.56 Å². The summed E-state index contributed by atoms with van der Waals surface area (Å²) in [7, 11) is 0. The molecule has 2 rings (SSSR count). The Morgan fingerprint density at radius 2 is 1.67 bits per heavy atom. The minimum Gasteiger partial charge on any atom is -0.369 e. The van der Waals surface area contributed by atoms with E-state index in [-0.39, 0.29) is 34.0 Å². The molecule has 128 valence electrons. The van der Waals surface area contributed by atoms with Crippen molar-refractivity contribution < 1.29 is 22.4 Å². The fourth-order valence-corrected chi connectivity index (χ4v) is 2.82. The van der Waals surface area contributed by atoms with E-state index >= 15 is 0 Å². The average Bonchev–Trinajstić information content (AvgIpc) is 2.44. The highest BCUT2D eigenvalue weighted by atomic mass is 35.5. The summed E-state index contributed by atoms with van der Waals surface area (Å²) in [6, 6.07) is 5.57. The van der Waals surface area contributed by atoms with Crippen molar-refractivity contribution in [2.24, 2.45) is 5.73 Å². The van der Waals surface area contributed by atoms with Crippen LogP contribution in [0.4, 0.5) is 17.6 Å². The van der Waals surface area contributed by atoms with Crippen LogP contribution in [0.15, 0.2) is 30.3 Å². The molecule has 8 heteroatoms. The number of alkyl halides is 3. The summed E-state index contributed by atoms with van der Waals surface area (Å²) >= 11 is 11.8. The van der Waals surface area contributed by atoms with Crippen molar-refractivity contribution in [2.75, 3.05) is 0 Å². The van der Waals surface area contributed by atoms with Gasteiger partial charge in [-0.25, -0.2) is 4.39 Å². The van der Waals surface area contributed by atoms with Crippen molar-refractivity contribution in [3.63, 3.8) is 0 Å². The van der Waals surface area contributed by atoms with Crippen molar-refractivity contribution in [3.05, 3.63) is 68.4 Å². The lowest BCUT2D eigenvalue weighted by atomic mass is 10.00. The second-order valence-electron chi connectivity index (χ2n) is 5.16. The molecule has 0 aliphatic heterocycles. The molecule has 0 aliphatic rings. The smallest absolute Gasteiger partial charge is 0.369 e. The number of amides is 1. The average molecular weight is 380 g/mol. The highest BCUT2D eigenvalue weighted by Crippen LogP contribution is 2.36. The lowest BCUT2D eigenvalue weighted by Crippen LogP contribution is -2.14. The summed E-state index contributed by atoms with van der Waals surface area (Å²) in [5.74, 6) is -1.29. The van der Waals surface area contributed by atoms with Crippen molar-refractivity contribution in [1.29, 1.82) is 0 Å². The molecule has 0 spiro atoms. The SMILES string of the molecule is NC(=O)Cc1cc(Cc2c(Cl)cc(C(F)(F)F)cc2Cl)ccc1F. The van der Waals surface area contributed by atoms with Gasteiger partial charge in [0.15, 0.2) is 0 Å². The summed E-state index contributed by atoms with van der Waals surface area (Å²) in [5, 5.41) is -0.286. The van der Waals surface area contributed by atoms with Gasteiger partial charge in [-0.15, -0.1) is 0 Å². The molecule has 2 aromatic carbocycles. The maximum Gasteiger partial charge on any atom is 0.416 e. The number of nitrogens with two attached hydrogens (primary N) is 1. The summed E-state index contributed by atoms with van der Waals surface area (Å²) in [6.07, 6.45) is -4.76. The zero-order chi connectivity index (χ0) is 18.1. The molecule has 2 N–H and O–H groups in total. The molecular weight excluding hydrogens is 369 g/mol. The third kappa shape index (κ3) is 4.39. The van der Waals surface area contributed by atoms with E-state index < -0.39 is 23.5 Å². The van der Waals surface area contributed by atoms with Crippen molar-refractivity contribution in [3.8, 4) is 0 Å². The molecule has 24 heavy (non-hydrogen) atoms. The maximum absolute atomic E-state index is 13.6. The van der Waals surface area contributed by atoms with E-state index in [4.69, 9.17) is 28.9 Å². The second-order valence-corrected chi connectivity index (χ2v) is 5.98. The lowest BCUT2D eigenvalue weighted by Gasteiger charge is -2.13. The summed E-state index contributed by atoms with van der Waals surface area (Å²) < 4.78 is 51.8. The molecule has 0 bridgehead atoms. The molecule has 0 heterocycles. The fourth-order valence-electron chi connectivity index (χ4n) is 2.20. The van der Waals surface area contributed by atoms with Crippen LogP contribution in [-0.2, 0) is 23.8 Å². The van der Waals surface area contributed by atoms with Gasteiger partial charge in [-0.1, -0.05) is 35.3 Å². The standard InChI is InChI=1S/C16H11Cl2F4NO/c17-12-6-10(16(20,21)22)7-13(18)11(12)4-8-1-2-14(19)9(3-8)5-15(23)24/h1-3,6-7H,4-5H2,(H2,23,24). The van der Waals surface area contributed by atoms with Crippen LogP contribution in [0.2, 0.25) is 10.0 Å². The van der Waals surface area contributed by atoms with Crippen molar-refractivity contribution >= 4 is 29.1 Å². The zero-order valence-corrected chi connectivity index (χ0v) is 13.6. The van der Waals surface area contributed by atoms with Crippen molar-refractivity contribution in [1.82, 2.24) is 0 Å². The summed E-state index contributed by atoms with van der Waals surface area (Å²) in [6.45, 7) is 0. The Balaban J connectivity index is 2.36. The molecule has 0 atom stereocenters. The number of carbonyl (C=O) groups excluding carboxylic acids is 1. The first-order valence-corrected chi connectivity index (χ1v) is 7.44. The van der Waals surface area contributed by atoms with Gasteiger partial charge >= 0.3 is 6.18 Å². The Morgan fingerprint density at radius 3 is 2.17 bits per heavy atom. The molecule has 1 amide bonds. The van der Waals surface area contributed by atoms with E-state index in [9.17, 15) is 22.4 Å². The fraction of sp³-hybridized carbons (Fsp3) is 0.188. The highest BCUT2D eigenvalue weighted by molar-refractivity contribution is 6.36. The van der Waals surface area contributed by atoms with Gasteiger partial charge in [-0.2, -0.15) is 13.2 Å². The number of halogens is 6. The normalized spacial score (nSPS) is 11.6. The van der Waals surface area contributed by atoms with Crippen LogP contribution in [-0.4, -0.2) is 5.91 Å². The third-order valence-electron chi connectivity index (χ3n) is 3.32. The topological polar surface area (TPSA) is 43.1 Å². The molecular formula is C16H11Cl2F4NO. The molecule has 2 nitrogen and oxygen atoms in total. The number of rotatable bonds is 4. The lowest BCUT2D eigenvalue weighted by molar-refractivity contribution is -0.137. The first kappa shape index (κ1) is 18.5. The summed E-state index contributed by atoms with van der Waals surface area (Å²) in [4.78, 5) is 10.9. The van der Waals surface area contributed by atoms with Gasteiger partial charge in [0.1, 0.15) is 5.82 Å². The second kappa shape index (κ2) is 6.99. The third-order valence-corrected chi connectivity index (χ3v) is 4.00. The molecule has 0 aliphatic carbocycles. The monoisotopic (exact) mass is 379 g/mol. The predicted molar refractivity (Wildman–Crippen MR) is 83.6 cm³/mol. The zero-order valence-electron chi connectivity index (χ0n) is 12.1. The first-order valence-electron chi connectivity index (χ1n) is 6.68. The highest BCUT2D eigenvalue weighted by Gasteiger charge is 2.32. The summed E-state index contributed by atoms with van der Waals surface area (Å²) in [5.41, 5.74) is 5.01. The Labute approximate surface area is 145 Å². The van der Waals surface area contributed by atoms with Crippen LogP contribution >= 0.6 is 23.2 Å². The Kier molecular flexibility index (Phi) is 5.40. The van der Waals surface area contributed by atoms with Crippen LogP contribution in [0.3, 0.4) is 0 Å². The quantitative estimate of drug-likeness (QED) is 0.763. The van der Waals surface area contributed by atoms with Crippen LogP contribution in [0.5, 0.6) is 0 Å². The van der Waals surface area contributed by atoms with Crippen LogP contribution in [0.1, 0.15) is 22.3 Å². The number of primary amides is 1. The molecule has 0 saturated heterocycles. The minimum absolute atomic E-state index is 0.0852. The molecule has 2 aromatic rings. The van der Waals surface area contributed by atoms with Gasteiger partial charge in [0.2, 0.25) is 5.91 Å². The van der Waals surface area contributed by atoms with Gasteiger partial charge in [-0.3, -0.25) is 4.79 Å². The van der Waals surface area contributed by atoms with Gasteiger partial charge in [0.05, 0.1) is 12.0 Å². The van der Waals surface area contributed by atoms with Crippen LogP contribution < -0.4 is 5.73 Å².